The number of nitrogens with one attached hydrogen (secondary N) is 2. The van der Waals surface area contributed by atoms with E-state index in [4.69, 9.17) is 14.9 Å². The van der Waals surface area contributed by atoms with E-state index in [1.165, 1.54) is 38.5 Å². The Kier molecular flexibility index (Phi) is 33.9. The second-order valence-corrected chi connectivity index (χ2v) is 13.0. The second-order valence-electron chi connectivity index (χ2n) is 13.0. The van der Waals surface area contributed by atoms with Gasteiger partial charge in [0, 0.05) is 12.8 Å². The number of esters is 1. The van der Waals surface area contributed by atoms with Gasteiger partial charge in [-0.15, -0.1) is 0 Å². The van der Waals surface area contributed by atoms with E-state index in [1.807, 2.05) is 6.08 Å². The van der Waals surface area contributed by atoms with E-state index < -0.39 is 24.5 Å². The summed E-state index contributed by atoms with van der Waals surface area (Å²) >= 11 is 0. The minimum absolute atomic E-state index is 0.142. The lowest BCUT2D eigenvalue weighted by atomic mass is 10.1. The Morgan fingerprint density at radius 3 is 1.80 bits per heavy atom. The number of aliphatic carboxylic acids is 1. The molecule has 0 aliphatic rings. The maximum Gasteiger partial charge on any atom is 0.328 e. The van der Waals surface area contributed by atoms with Crippen molar-refractivity contribution in [1.82, 2.24) is 10.6 Å². The SMILES string of the molecule is CC/C=C\C/C=C\C/C=C\CCCCCCCCCC(=O)OC(/C=C\C/C=C\CCCC)CCCCCCC(=O)NCC(=O)NC(CO)C(=O)O. The highest BCUT2D eigenvalue weighted by atomic mass is 16.5. The zero-order valence-electron chi connectivity index (χ0n) is 31.8. The summed E-state index contributed by atoms with van der Waals surface area (Å²) in [6.45, 7) is 3.26. The Morgan fingerprint density at radius 2 is 1.18 bits per heavy atom. The van der Waals surface area contributed by atoms with Crippen LogP contribution >= 0.6 is 0 Å². The third-order valence-corrected chi connectivity index (χ3v) is 8.23. The predicted molar refractivity (Wildman–Crippen MR) is 208 cm³/mol. The molecule has 0 fully saturated rings. The van der Waals surface area contributed by atoms with Crippen LogP contribution in [0.1, 0.15) is 155 Å². The number of ether oxygens (including phenoxy) is 1. The van der Waals surface area contributed by atoms with E-state index in [9.17, 15) is 19.2 Å². The number of aliphatic hydroxyl groups is 1. The fourth-order valence-electron chi connectivity index (χ4n) is 5.19. The van der Waals surface area contributed by atoms with Crippen molar-refractivity contribution in [3.05, 3.63) is 60.8 Å². The van der Waals surface area contributed by atoms with Gasteiger partial charge in [-0.1, -0.05) is 126 Å². The van der Waals surface area contributed by atoms with Crippen molar-refractivity contribution in [2.75, 3.05) is 13.2 Å². The Bertz CT molecular complexity index is 1050. The molecule has 290 valence electrons. The molecule has 0 radical (unpaired) electrons. The fourth-order valence-corrected chi connectivity index (χ4v) is 5.19. The van der Waals surface area contributed by atoms with Gasteiger partial charge in [-0.3, -0.25) is 14.4 Å². The lowest BCUT2D eigenvalue weighted by Crippen LogP contribution is -2.47. The van der Waals surface area contributed by atoms with Gasteiger partial charge in [0.05, 0.1) is 13.2 Å². The first kappa shape index (κ1) is 47.5. The van der Waals surface area contributed by atoms with Crippen molar-refractivity contribution in [1.29, 1.82) is 0 Å². The standard InChI is InChI=1S/C42H70N2O7/c1-3-5-7-9-11-12-13-14-15-16-17-18-19-20-22-24-30-34-41(48)51-37(31-27-23-21-10-8-6-4-2)32-28-25-26-29-33-39(46)43-35-40(47)44-38(36-45)42(49)50/h5,7,10-12,14-15,21,27,31,37-38,45H,3-4,6,8-9,13,16-20,22-26,28-30,32-36H2,1-2H3,(H,43,46)(H,44,47)(H,49,50)/b7-5-,12-11-,15-14-,21-10-,31-27-. The summed E-state index contributed by atoms with van der Waals surface area (Å²) < 4.78 is 5.86. The number of allylic oxidation sites excluding steroid dienone is 9. The van der Waals surface area contributed by atoms with Crippen molar-refractivity contribution in [3.8, 4) is 0 Å². The Labute approximate surface area is 309 Å². The maximum atomic E-state index is 12.7. The van der Waals surface area contributed by atoms with Crippen LogP contribution in [0.25, 0.3) is 0 Å². The molecule has 0 aliphatic carbocycles. The topological polar surface area (TPSA) is 142 Å². The molecule has 0 saturated heterocycles. The smallest absolute Gasteiger partial charge is 0.328 e. The van der Waals surface area contributed by atoms with Gasteiger partial charge in [0.15, 0.2) is 0 Å². The maximum absolute atomic E-state index is 12.7. The van der Waals surface area contributed by atoms with Crippen LogP contribution in [-0.2, 0) is 23.9 Å². The van der Waals surface area contributed by atoms with E-state index in [0.717, 1.165) is 83.5 Å². The molecule has 0 saturated carbocycles. The quantitative estimate of drug-likeness (QED) is 0.0296. The number of hydrogen-bond donors (Lipinski definition) is 4. The molecular formula is C42H70N2O7. The highest BCUT2D eigenvalue weighted by molar-refractivity contribution is 5.87. The fraction of sp³-hybridized carbons (Fsp3) is 0.667. The minimum atomic E-state index is -1.39. The Balaban J connectivity index is 4.27. The summed E-state index contributed by atoms with van der Waals surface area (Å²) in [5, 5.41) is 22.5. The number of carbonyl (C=O) groups is 4. The lowest BCUT2D eigenvalue weighted by Gasteiger charge is -2.15. The summed E-state index contributed by atoms with van der Waals surface area (Å²) in [4.78, 5) is 47.4. The van der Waals surface area contributed by atoms with Crippen LogP contribution in [0.5, 0.6) is 0 Å². The molecule has 4 N–H and O–H groups in total. The molecule has 0 spiro atoms. The van der Waals surface area contributed by atoms with Crippen LogP contribution in [0.4, 0.5) is 0 Å². The van der Waals surface area contributed by atoms with Gasteiger partial charge < -0.3 is 25.6 Å². The van der Waals surface area contributed by atoms with Crippen LogP contribution in [0, 0.1) is 0 Å². The summed E-state index contributed by atoms with van der Waals surface area (Å²) in [7, 11) is 0. The highest BCUT2D eigenvalue weighted by Crippen LogP contribution is 2.15. The van der Waals surface area contributed by atoms with Crippen LogP contribution in [0.2, 0.25) is 0 Å². The van der Waals surface area contributed by atoms with E-state index in [-0.39, 0.29) is 30.9 Å². The normalized spacial score (nSPS) is 13.2. The summed E-state index contributed by atoms with van der Waals surface area (Å²) in [6.07, 6.45) is 42.7. The van der Waals surface area contributed by atoms with Crippen LogP contribution in [-0.4, -0.2) is 59.3 Å². The molecule has 2 atom stereocenters. The molecule has 51 heavy (non-hydrogen) atoms. The van der Waals surface area contributed by atoms with Gasteiger partial charge >= 0.3 is 11.9 Å². The lowest BCUT2D eigenvalue weighted by molar-refractivity contribution is -0.147. The van der Waals surface area contributed by atoms with Crippen molar-refractivity contribution in [3.63, 3.8) is 0 Å². The van der Waals surface area contributed by atoms with E-state index >= 15 is 0 Å². The molecule has 0 bridgehead atoms. The number of carboxylic acids is 1. The molecule has 2 unspecified atom stereocenters. The van der Waals surface area contributed by atoms with Gasteiger partial charge in [0.1, 0.15) is 12.1 Å². The number of rotatable bonds is 34. The first-order valence-electron chi connectivity index (χ1n) is 19.7. The van der Waals surface area contributed by atoms with Crippen molar-refractivity contribution in [2.24, 2.45) is 0 Å². The molecule has 0 heterocycles. The van der Waals surface area contributed by atoms with Crippen LogP contribution in [0.3, 0.4) is 0 Å². The first-order valence-corrected chi connectivity index (χ1v) is 19.7. The molecule has 0 aromatic carbocycles. The monoisotopic (exact) mass is 715 g/mol. The van der Waals surface area contributed by atoms with Gasteiger partial charge in [-0.05, 0) is 76.7 Å². The third kappa shape index (κ3) is 33.4. The molecule has 0 rings (SSSR count). The molecule has 0 aliphatic heterocycles. The summed E-state index contributed by atoms with van der Waals surface area (Å²) in [5.41, 5.74) is 0. The molecule has 2 amide bonds. The number of amides is 2. The second kappa shape index (κ2) is 36.3. The van der Waals surface area contributed by atoms with Gasteiger partial charge in [0.2, 0.25) is 11.8 Å². The molecule has 9 nitrogen and oxygen atoms in total. The predicted octanol–water partition coefficient (Wildman–Crippen LogP) is 8.98. The summed E-state index contributed by atoms with van der Waals surface area (Å²) in [6, 6.07) is -1.39. The minimum Gasteiger partial charge on any atom is -0.480 e. The first-order chi connectivity index (χ1) is 24.8. The van der Waals surface area contributed by atoms with E-state index in [1.54, 1.807) is 0 Å². The Hall–Kier alpha value is -3.46. The average molecular weight is 715 g/mol. The van der Waals surface area contributed by atoms with Gasteiger partial charge in [-0.2, -0.15) is 0 Å². The van der Waals surface area contributed by atoms with Crippen molar-refractivity contribution < 1.29 is 34.1 Å². The molecular weight excluding hydrogens is 644 g/mol. The van der Waals surface area contributed by atoms with Crippen molar-refractivity contribution in [2.45, 2.75) is 167 Å². The number of hydrogen-bond acceptors (Lipinski definition) is 6. The number of aliphatic hydroxyl groups excluding tert-OH is 1. The number of unbranched alkanes of at least 4 members (excludes halogenated alkanes) is 12. The number of carbonyl (C=O) groups excluding carboxylic acids is 3. The third-order valence-electron chi connectivity index (χ3n) is 8.23. The van der Waals surface area contributed by atoms with E-state index in [0.29, 0.717) is 12.8 Å². The van der Waals surface area contributed by atoms with Crippen LogP contribution in [0.15, 0.2) is 60.8 Å². The summed E-state index contributed by atoms with van der Waals surface area (Å²) in [5.74, 6) is -2.45. The van der Waals surface area contributed by atoms with E-state index in [2.05, 4.69) is 79.2 Å². The molecule has 9 heteroatoms. The number of carboxylic acid groups (broad SMARTS) is 1. The van der Waals surface area contributed by atoms with Gasteiger partial charge in [0.25, 0.3) is 0 Å². The van der Waals surface area contributed by atoms with Gasteiger partial charge in [-0.25, -0.2) is 4.79 Å². The van der Waals surface area contributed by atoms with Crippen molar-refractivity contribution >= 4 is 23.8 Å². The Morgan fingerprint density at radius 1 is 0.627 bits per heavy atom. The molecule has 0 aromatic heterocycles. The highest BCUT2D eigenvalue weighted by Gasteiger charge is 2.18. The average Bonchev–Trinajstić information content (AvgIpc) is 3.11. The zero-order valence-corrected chi connectivity index (χ0v) is 31.8. The largest absolute Gasteiger partial charge is 0.480 e. The van der Waals surface area contributed by atoms with Crippen LogP contribution < -0.4 is 10.6 Å². The molecule has 0 aromatic rings. The zero-order chi connectivity index (χ0) is 37.6.